The SMILES string of the molecule is COc1cc2c(C(O)CN)cn(C)c2cc1Cl. The molecule has 3 N–H and O–H groups in total. The third-order valence-corrected chi connectivity index (χ3v) is 3.17. The van der Waals surface area contributed by atoms with Gasteiger partial charge in [-0.1, -0.05) is 11.6 Å². The second kappa shape index (κ2) is 4.56. The molecule has 1 unspecified atom stereocenters. The first-order valence-corrected chi connectivity index (χ1v) is 5.67. The first kappa shape index (κ1) is 12.2. The van der Waals surface area contributed by atoms with Crippen LogP contribution in [0, 0.1) is 0 Å². The lowest BCUT2D eigenvalue weighted by molar-refractivity contribution is 0.188. The van der Waals surface area contributed by atoms with Crippen LogP contribution in [0.15, 0.2) is 18.3 Å². The van der Waals surface area contributed by atoms with Gasteiger partial charge in [-0.2, -0.15) is 0 Å². The van der Waals surface area contributed by atoms with E-state index in [0.717, 1.165) is 16.5 Å². The summed E-state index contributed by atoms with van der Waals surface area (Å²) in [6.45, 7) is 0.185. The van der Waals surface area contributed by atoms with Crippen LogP contribution in [-0.2, 0) is 7.05 Å². The molecular weight excluding hydrogens is 240 g/mol. The van der Waals surface area contributed by atoms with E-state index in [2.05, 4.69) is 0 Å². The van der Waals surface area contributed by atoms with Gasteiger partial charge in [0.25, 0.3) is 0 Å². The van der Waals surface area contributed by atoms with Crippen LogP contribution in [-0.4, -0.2) is 23.3 Å². The molecule has 0 aliphatic rings. The Morgan fingerprint density at radius 2 is 2.24 bits per heavy atom. The summed E-state index contributed by atoms with van der Waals surface area (Å²) in [5.41, 5.74) is 7.22. The van der Waals surface area contributed by atoms with Gasteiger partial charge in [0.15, 0.2) is 0 Å². The number of aliphatic hydroxyl groups excluding tert-OH is 1. The molecule has 92 valence electrons. The summed E-state index contributed by atoms with van der Waals surface area (Å²) in [5.74, 6) is 0.593. The van der Waals surface area contributed by atoms with Gasteiger partial charge >= 0.3 is 0 Å². The topological polar surface area (TPSA) is 60.4 Å². The molecule has 1 atom stereocenters. The van der Waals surface area contributed by atoms with Gasteiger partial charge in [0.2, 0.25) is 0 Å². The standard InChI is InChI=1S/C12H15ClN2O2/c1-15-6-8(11(16)5-14)7-3-12(17-2)9(13)4-10(7)15/h3-4,6,11,16H,5,14H2,1-2H3. The Kier molecular flexibility index (Phi) is 3.28. The van der Waals surface area contributed by atoms with Crippen LogP contribution in [0.1, 0.15) is 11.7 Å². The number of hydrogen-bond acceptors (Lipinski definition) is 3. The number of fused-ring (bicyclic) bond motifs is 1. The van der Waals surface area contributed by atoms with E-state index < -0.39 is 6.10 Å². The molecule has 1 aromatic heterocycles. The first-order valence-electron chi connectivity index (χ1n) is 5.29. The summed E-state index contributed by atoms with van der Waals surface area (Å²) >= 11 is 6.07. The Morgan fingerprint density at radius 1 is 1.53 bits per heavy atom. The zero-order valence-electron chi connectivity index (χ0n) is 9.77. The number of nitrogens with two attached hydrogens (primary N) is 1. The molecule has 0 aliphatic heterocycles. The van der Waals surface area contributed by atoms with Crippen molar-refractivity contribution in [2.45, 2.75) is 6.10 Å². The summed E-state index contributed by atoms with van der Waals surface area (Å²) in [5, 5.41) is 11.3. The third-order valence-electron chi connectivity index (χ3n) is 2.88. The van der Waals surface area contributed by atoms with Crippen molar-refractivity contribution in [3.8, 4) is 5.75 Å². The molecule has 2 aromatic rings. The van der Waals surface area contributed by atoms with E-state index in [9.17, 15) is 5.11 Å². The zero-order valence-corrected chi connectivity index (χ0v) is 10.5. The largest absolute Gasteiger partial charge is 0.495 e. The minimum atomic E-state index is -0.676. The molecule has 0 saturated carbocycles. The Bertz CT molecular complexity index is 551. The molecule has 0 fully saturated rings. The smallest absolute Gasteiger partial charge is 0.138 e. The molecule has 0 amide bonds. The number of halogens is 1. The van der Waals surface area contributed by atoms with Crippen molar-refractivity contribution in [3.63, 3.8) is 0 Å². The second-order valence-electron chi connectivity index (χ2n) is 3.95. The lowest BCUT2D eigenvalue weighted by Crippen LogP contribution is -2.11. The van der Waals surface area contributed by atoms with Crippen LogP contribution in [0.5, 0.6) is 5.75 Å². The molecule has 0 bridgehead atoms. The number of methoxy groups -OCH3 is 1. The van der Waals surface area contributed by atoms with Crippen molar-refractivity contribution in [2.75, 3.05) is 13.7 Å². The predicted octanol–water partition coefficient (Wildman–Crippen LogP) is 1.83. The number of aliphatic hydroxyl groups is 1. The van der Waals surface area contributed by atoms with Crippen molar-refractivity contribution in [1.29, 1.82) is 0 Å². The number of aryl methyl sites for hydroxylation is 1. The van der Waals surface area contributed by atoms with Crippen LogP contribution < -0.4 is 10.5 Å². The molecule has 5 heteroatoms. The maximum Gasteiger partial charge on any atom is 0.138 e. The Labute approximate surface area is 105 Å². The molecule has 0 spiro atoms. The van der Waals surface area contributed by atoms with Crippen LogP contribution in [0.3, 0.4) is 0 Å². The van der Waals surface area contributed by atoms with Crippen molar-refractivity contribution in [2.24, 2.45) is 12.8 Å². The number of rotatable bonds is 3. The average Bonchev–Trinajstić information content (AvgIpc) is 2.64. The highest BCUT2D eigenvalue weighted by Gasteiger charge is 2.15. The van der Waals surface area contributed by atoms with Crippen LogP contribution >= 0.6 is 11.6 Å². The maximum absolute atomic E-state index is 9.86. The lowest BCUT2D eigenvalue weighted by Gasteiger charge is -2.07. The summed E-state index contributed by atoms with van der Waals surface area (Å²) in [7, 11) is 3.47. The Morgan fingerprint density at radius 3 is 2.82 bits per heavy atom. The van der Waals surface area contributed by atoms with Gasteiger partial charge in [0.05, 0.1) is 18.2 Å². The molecule has 1 aromatic carbocycles. The van der Waals surface area contributed by atoms with Crippen molar-refractivity contribution in [3.05, 3.63) is 28.9 Å². The molecule has 0 radical (unpaired) electrons. The molecule has 0 saturated heterocycles. The van der Waals surface area contributed by atoms with E-state index in [-0.39, 0.29) is 6.54 Å². The Balaban J connectivity index is 2.71. The van der Waals surface area contributed by atoms with E-state index in [1.165, 1.54) is 0 Å². The van der Waals surface area contributed by atoms with E-state index in [0.29, 0.717) is 10.8 Å². The van der Waals surface area contributed by atoms with Crippen molar-refractivity contribution < 1.29 is 9.84 Å². The normalized spacial score (nSPS) is 13.0. The maximum atomic E-state index is 9.86. The molecule has 2 rings (SSSR count). The molecule has 0 aliphatic carbocycles. The minimum Gasteiger partial charge on any atom is -0.495 e. The minimum absolute atomic E-state index is 0.185. The van der Waals surface area contributed by atoms with Gasteiger partial charge in [-0.3, -0.25) is 0 Å². The average molecular weight is 255 g/mol. The summed E-state index contributed by atoms with van der Waals surface area (Å²) in [4.78, 5) is 0. The summed E-state index contributed by atoms with van der Waals surface area (Å²) in [6, 6.07) is 3.65. The zero-order chi connectivity index (χ0) is 12.6. The van der Waals surface area contributed by atoms with Crippen molar-refractivity contribution in [1.82, 2.24) is 4.57 Å². The number of hydrogen-bond donors (Lipinski definition) is 2. The molecule has 17 heavy (non-hydrogen) atoms. The number of aromatic nitrogens is 1. The van der Waals surface area contributed by atoms with Crippen LogP contribution in [0.25, 0.3) is 10.9 Å². The highest BCUT2D eigenvalue weighted by molar-refractivity contribution is 6.32. The number of ether oxygens (including phenoxy) is 1. The lowest BCUT2D eigenvalue weighted by atomic mass is 10.1. The van der Waals surface area contributed by atoms with Gasteiger partial charge in [0, 0.05) is 36.3 Å². The number of benzene rings is 1. The highest BCUT2D eigenvalue weighted by Crippen LogP contribution is 2.34. The van der Waals surface area contributed by atoms with E-state index in [4.69, 9.17) is 22.1 Å². The fraction of sp³-hybridized carbons (Fsp3) is 0.333. The van der Waals surface area contributed by atoms with Gasteiger partial charge < -0.3 is 20.1 Å². The molecule has 4 nitrogen and oxygen atoms in total. The van der Waals surface area contributed by atoms with E-state index in [1.807, 2.05) is 29.9 Å². The van der Waals surface area contributed by atoms with Gasteiger partial charge in [-0.05, 0) is 12.1 Å². The van der Waals surface area contributed by atoms with Gasteiger partial charge in [0.1, 0.15) is 5.75 Å². The van der Waals surface area contributed by atoms with Crippen LogP contribution in [0.2, 0.25) is 5.02 Å². The van der Waals surface area contributed by atoms with Gasteiger partial charge in [-0.15, -0.1) is 0 Å². The van der Waals surface area contributed by atoms with Gasteiger partial charge in [-0.25, -0.2) is 0 Å². The van der Waals surface area contributed by atoms with Crippen molar-refractivity contribution >= 4 is 22.5 Å². The first-order chi connectivity index (χ1) is 8.08. The van der Waals surface area contributed by atoms with Crippen LogP contribution in [0.4, 0.5) is 0 Å². The summed E-state index contributed by atoms with van der Waals surface area (Å²) < 4.78 is 7.09. The van der Waals surface area contributed by atoms with E-state index in [1.54, 1.807) is 7.11 Å². The quantitative estimate of drug-likeness (QED) is 0.879. The number of nitrogens with zero attached hydrogens (tertiary/aromatic N) is 1. The molecule has 1 heterocycles. The summed E-state index contributed by atoms with van der Waals surface area (Å²) in [6.07, 6.45) is 1.18. The highest BCUT2D eigenvalue weighted by atomic mass is 35.5. The molecular formula is C12H15ClN2O2. The second-order valence-corrected chi connectivity index (χ2v) is 4.36. The monoisotopic (exact) mass is 254 g/mol. The Hall–Kier alpha value is -1.23. The third kappa shape index (κ3) is 1.99. The predicted molar refractivity (Wildman–Crippen MR) is 68.5 cm³/mol. The fourth-order valence-corrected chi connectivity index (χ4v) is 2.20. The fourth-order valence-electron chi connectivity index (χ4n) is 1.96. The van der Waals surface area contributed by atoms with E-state index >= 15 is 0 Å².